The van der Waals surface area contributed by atoms with Crippen molar-refractivity contribution < 1.29 is 37.3 Å². The summed E-state index contributed by atoms with van der Waals surface area (Å²) in [7, 11) is 3.14. The number of benzene rings is 1. The van der Waals surface area contributed by atoms with Gasteiger partial charge < -0.3 is 25.1 Å². The number of methoxy groups -OCH3 is 2. The largest absolute Gasteiger partial charge is 0.507 e. The van der Waals surface area contributed by atoms with Crippen molar-refractivity contribution in [1.29, 1.82) is 0 Å². The summed E-state index contributed by atoms with van der Waals surface area (Å²) in [5.74, 6) is 1.43. The number of phenols is 1. The summed E-state index contributed by atoms with van der Waals surface area (Å²) in [5.41, 5.74) is 8.51. The highest BCUT2D eigenvalue weighted by molar-refractivity contribution is 5.71. The first-order chi connectivity index (χ1) is 23.4. The number of phenolic OH excluding ortho intramolecular Hbond substituents is 1. The number of carbonyl (C=O) groups is 1. The minimum atomic E-state index is -4.53. The number of carbonyl (C=O) groups excluding carboxylic acids is 1. The second kappa shape index (κ2) is 26.7. The van der Waals surface area contributed by atoms with E-state index in [1.54, 1.807) is 34.3 Å². The summed E-state index contributed by atoms with van der Waals surface area (Å²) in [6.45, 7) is 14.6. The molecule has 3 N–H and O–H groups in total. The molecule has 280 valence electrons. The summed E-state index contributed by atoms with van der Waals surface area (Å²) in [4.78, 5) is 9.18. The standard InChI is InChI=1S/C18H21F3N2O3.C12H26.C5H9N.C3H6O2/c1-11-15(10-26-3)13(5-4-8-25-2)17(23-22-11)14-7-6-12(9-16(14)24)18(19,20)21;1-5-8-9-10-12(7-3)11(4)6-2;6-4-5-2-1-3-5;1-2-5-3-4/h6-7,9,24H,4-5,8,10H2,1-3H3;11-12H,5-10H2,1-4H3;4H,1-3,6H2;3H,2H2,1H3. The molecule has 1 fully saturated rings. The van der Waals surface area contributed by atoms with Crippen molar-refractivity contribution in [3.63, 3.8) is 0 Å². The Kier molecular flexibility index (Phi) is 24.9. The van der Waals surface area contributed by atoms with Crippen LogP contribution in [0.3, 0.4) is 0 Å². The number of aryl methyl sites for hydroxylation is 1. The first kappa shape index (κ1) is 45.8. The van der Waals surface area contributed by atoms with Gasteiger partial charge in [-0.3, -0.25) is 4.79 Å². The van der Waals surface area contributed by atoms with Gasteiger partial charge in [0.25, 0.3) is 6.47 Å². The van der Waals surface area contributed by atoms with Crippen LogP contribution in [0.5, 0.6) is 5.75 Å². The summed E-state index contributed by atoms with van der Waals surface area (Å²) in [5, 5.41) is 18.4. The number of halogens is 3. The number of hydrogen-bond donors (Lipinski definition) is 2. The van der Waals surface area contributed by atoms with Crippen LogP contribution in [0.1, 0.15) is 121 Å². The van der Waals surface area contributed by atoms with Crippen LogP contribution < -0.4 is 5.73 Å². The summed E-state index contributed by atoms with van der Waals surface area (Å²) < 4.78 is 53.0. The van der Waals surface area contributed by atoms with Crippen LogP contribution in [0.4, 0.5) is 13.2 Å². The fourth-order valence-electron chi connectivity index (χ4n) is 5.23. The molecule has 8 nitrogen and oxygen atoms in total. The first-order valence-electron chi connectivity index (χ1n) is 17.6. The molecule has 1 saturated carbocycles. The maximum absolute atomic E-state index is 12.8. The SMILES string of the molecule is CCCCCC(CC)C(C)CC.CCOC=O.COCCCc1c(-c2ccc(C(F)(F)F)cc2O)nnc(C)c1COC.NC=C1CCC1. The van der Waals surface area contributed by atoms with E-state index in [0.717, 1.165) is 29.0 Å². The van der Waals surface area contributed by atoms with Crippen LogP contribution in [0.15, 0.2) is 30.0 Å². The molecule has 0 spiro atoms. The lowest BCUT2D eigenvalue weighted by Gasteiger charge is -2.21. The Morgan fingerprint density at radius 1 is 1.00 bits per heavy atom. The molecular weight excluding hydrogens is 635 g/mol. The average Bonchev–Trinajstić information content (AvgIpc) is 3.05. The van der Waals surface area contributed by atoms with E-state index >= 15 is 0 Å². The van der Waals surface area contributed by atoms with Crippen LogP contribution in [0.2, 0.25) is 0 Å². The molecule has 1 aliphatic carbocycles. The number of aromatic nitrogens is 2. The lowest BCUT2D eigenvalue weighted by Crippen LogP contribution is -2.09. The van der Waals surface area contributed by atoms with Crippen LogP contribution in [-0.2, 0) is 38.2 Å². The number of allylic oxidation sites excluding steroid dienone is 1. The van der Waals surface area contributed by atoms with Gasteiger partial charge >= 0.3 is 6.18 Å². The molecule has 0 amide bonds. The molecule has 1 aromatic carbocycles. The van der Waals surface area contributed by atoms with Crippen molar-refractivity contribution in [3.8, 4) is 17.0 Å². The Bertz CT molecular complexity index is 1200. The van der Waals surface area contributed by atoms with Gasteiger partial charge in [0.2, 0.25) is 0 Å². The van der Waals surface area contributed by atoms with E-state index in [2.05, 4.69) is 42.6 Å². The molecule has 2 unspecified atom stereocenters. The number of nitrogens with zero attached hydrogens (tertiary/aromatic N) is 2. The van der Waals surface area contributed by atoms with Gasteiger partial charge in [0.05, 0.1) is 24.5 Å². The quantitative estimate of drug-likeness (QED) is 0.132. The van der Waals surface area contributed by atoms with Crippen LogP contribution in [0.25, 0.3) is 11.3 Å². The first-order valence-corrected chi connectivity index (χ1v) is 17.6. The van der Waals surface area contributed by atoms with E-state index < -0.39 is 17.5 Å². The highest BCUT2D eigenvalue weighted by atomic mass is 19.4. The van der Waals surface area contributed by atoms with E-state index in [1.165, 1.54) is 69.4 Å². The predicted molar refractivity (Wildman–Crippen MR) is 191 cm³/mol. The Hall–Kier alpha value is -3.18. The fraction of sp³-hybridized carbons (Fsp3) is 0.658. The summed E-state index contributed by atoms with van der Waals surface area (Å²) in [6.07, 6.45) is 10.7. The molecule has 1 heterocycles. The highest BCUT2D eigenvalue weighted by Crippen LogP contribution is 2.38. The van der Waals surface area contributed by atoms with Crippen molar-refractivity contribution in [1.82, 2.24) is 10.2 Å². The Morgan fingerprint density at radius 2 is 1.69 bits per heavy atom. The van der Waals surface area contributed by atoms with Crippen LogP contribution >= 0.6 is 0 Å². The van der Waals surface area contributed by atoms with E-state index in [-0.39, 0.29) is 12.2 Å². The second-order valence-corrected chi connectivity index (χ2v) is 12.1. The monoisotopic (exact) mass is 697 g/mol. The highest BCUT2D eigenvalue weighted by Gasteiger charge is 2.31. The van der Waals surface area contributed by atoms with E-state index in [1.807, 2.05) is 0 Å². The number of hydrogen-bond acceptors (Lipinski definition) is 8. The second-order valence-electron chi connectivity index (χ2n) is 12.1. The zero-order valence-electron chi connectivity index (χ0n) is 31.1. The number of aromatic hydroxyl groups is 1. The number of unbranched alkanes of at least 4 members (excludes halogenated alkanes) is 2. The topological polar surface area (TPSA) is 117 Å². The van der Waals surface area contributed by atoms with Gasteiger partial charge in [-0.05, 0) is 87.7 Å². The lowest BCUT2D eigenvalue weighted by molar-refractivity contribution is -0.137. The van der Waals surface area contributed by atoms with Gasteiger partial charge in [0.15, 0.2) is 0 Å². The number of ether oxygens (including phenoxy) is 3. The third-order valence-corrected chi connectivity index (χ3v) is 8.65. The van der Waals surface area contributed by atoms with Crippen molar-refractivity contribution in [2.45, 2.75) is 125 Å². The molecule has 49 heavy (non-hydrogen) atoms. The molecular formula is C38H62F3N3O5. The minimum Gasteiger partial charge on any atom is -0.507 e. The molecule has 3 rings (SSSR count). The Morgan fingerprint density at radius 3 is 2.10 bits per heavy atom. The van der Waals surface area contributed by atoms with Gasteiger partial charge in [-0.15, -0.1) is 5.10 Å². The van der Waals surface area contributed by atoms with Crippen LogP contribution in [-0.4, -0.2) is 49.2 Å². The van der Waals surface area contributed by atoms with Gasteiger partial charge in [-0.25, -0.2) is 0 Å². The van der Waals surface area contributed by atoms with E-state index in [4.69, 9.17) is 15.2 Å². The van der Waals surface area contributed by atoms with Gasteiger partial charge in [0.1, 0.15) is 11.4 Å². The van der Waals surface area contributed by atoms with Crippen molar-refractivity contribution in [2.75, 3.05) is 27.4 Å². The van der Waals surface area contributed by atoms with Gasteiger partial charge in [-0.1, -0.05) is 71.8 Å². The molecule has 11 heteroatoms. The van der Waals surface area contributed by atoms with Gasteiger partial charge in [-0.2, -0.15) is 18.3 Å². The molecule has 0 radical (unpaired) electrons. The van der Waals surface area contributed by atoms with Crippen molar-refractivity contribution in [2.24, 2.45) is 17.6 Å². The number of rotatable bonds is 16. The molecule has 1 aliphatic rings. The van der Waals surface area contributed by atoms with Crippen LogP contribution in [0, 0.1) is 18.8 Å². The molecule has 0 bridgehead atoms. The molecule has 2 aromatic rings. The van der Waals surface area contributed by atoms with Crippen molar-refractivity contribution in [3.05, 3.63) is 52.4 Å². The average molecular weight is 698 g/mol. The normalized spacial score (nSPS) is 13.2. The van der Waals surface area contributed by atoms with E-state index in [0.29, 0.717) is 50.0 Å². The summed E-state index contributed by atoms with van der Waals surface area (Å²) >= 11 is 0. The molecule has 0 aliphatic heterocycles. The van der Waals surface area contributed by atoms with E-state index in [9.17, 15) is 23.1 Å². The maximum Gasteiger partial charge on any atom is 0.416 e. The maximum atomic E-state index is 12.8. The smallest absolute Gasteiger partial charge is 0.416 e. The molecule has 0 saturated heterocycles. The van der Waals surface area contributed by atoms with Crippen molar-refractivity contribution >= 4 is 6.47 Å². The third-order valence-electron chi connectivity index (χ3n) is 8.65. The zero-order chi connectivity index (χ0) is 37.2. The summed E-state index contributed by atoms with van der Waals surface area (Å²) in [6, 6.07) is 2.84. The Balaban J connectivity index is 0.000000817. The van der Waals surface area contributed by atoms with Gasteiger partial charge in [0, 0.05) is 32.0 Å². The predicted octanol–water partition coefficient (Wildman–Crippen LogP) is 9.73. The molecule has 1 aromatic heterocycles. The molecule has 2 atom stereocenters. The Labute approximate surface area is 293 Å². The third kappa shape index (κ3) is 17.9. The minimum absolute atomic E-state index is 0.204. The number of alkyl halides is 3. The fourth-order valence-corrected chi connectivity index (χ4v) is 5.23. The zero-order valence-corrected chi connectivity index (χ0v) is 31.1. The lowest BCUT2D eigenvalue weighted by atomic mass is 9.85. The number of nitrogens with two attached hydrogens (primary N) is 1.